The van der Waals surface area contributed by atoms with E-state index in [0.717, 1.165) is 5.01 Å². The van der Waals surface area contributed by atoms with Crippen molar-refractivity contribution in [1.29, 1.82) is 0 Å². The number of rotatable bonds is 3. The number of carbonyl (C=O) groups excluding carboxylic acids is 2. The Morgan fingerprint density at radius 3 is 1.82 bits per heavy atom. The van der Waals surface area contributed by atoms with Gasteiger partial charge in [0, 0.05) is 0 Å². The van der Waals surface area contributed by atoms with Crippen LogP contribution in [0.15, 0.2) is 0 Å². The van der Waals surface area contributed by atoms with E-state index in [2.05, 4.69) is 5.43 Å². The van der Waals surface area contributed by atoms with E-state index in [1.165, 1.54) is 0 Å². The van der Waals surface area contributed by atoms with Gasteiger partial charge in [0.1, 0.15) is 11.2 Å². The molecule has 0 heterocycles. The quantitative estimate of drug-likeness (QED) is 0.781. The van der Waals surface area contributed by atoms with Crippen molar-refractivity contribution in [3.05, 3.63) is 0 Å². The van der Waals surface area contributed by atoms with Crippen LogP contribution in [0, 0.1) is 5.92 Å². The number of hydrogen-bond acceptors (Lipinski definition) is 5. The van der Waals surface area contributed by atoms with Crippen LogP contribution >= 0.6 is 0 Å². The maximum atomic E-state index is 12.3. The van der Waals surface area contributed by atoms with E-state index in [9.17, 15) is 14.7 Å². The molecule has 0 bridgehead atoms. The molecule has 1 unspecified atom stereocenters. The highest BCUT2D eigenvalue weighted by molar-refractivity contribution is 5.74. The molecule has 22 heavy (non-hydrogen) atoms. The molecule has 0 saturated carbocycles. The summed E-state index contributed by atoms with van der Waals surface area (Å²) >= 11 is 0. The summed E-state index contributed by atoms with van der Waals surface area (Å²) in [6.45, 7) is 13.7. The molecule has 7 nitrogen and oxygen atoms in total. The van der Waals surface area contributed by atoms with Crippen molar-refractivity contribution in [3.8, 4) is 0 Å². The van der Waals surface area contributed by atoms with Crippen LogP contribution in [-0.2, 0) is 9.47 Å². The zero-order chi connectivity index (χ0) is 17.7. The maximum absolute atomic E-state index is 12.3. The van der Waals surface area contributed by atoms with Crippen molar-refractivity contribution < 1.29 is 24.2 Å². The molecule has 2 N–H and O–H groups in total. The van der Waals surface area contributed by atoms with Crippen LogP contribution in [0.2, 0.25) is 0 Å². The molecule has 0 radical (unpaired) electrons. The Balaban J connectivity index is 5.17. The highest BCUT2D eigenvalue weighted by Gasteiger charge is 2.32. The van der Waals surface area contributed by atoms with Crippen molar-refractivity contribution in [1.82, 2.24) is 10.4 Å². The van der Waals surface area contributed by atoms with Gasteiger partial charge in [-0.05, 0) is 47.5 Å². The molecule has 0 aliphatic carbocycles. The number of hydrogen-bond donors (Lipinski definition) is 2. The van der Waals surface area contributed by atoms with Crippen molar-refractivity contribution >= 4 is 12.2 Å². The van der Waals surface area contributed by atoms with Crippen LogP contribution in [0.4, 0.5) is 9.59 Å². The molecule has 0 saturated heterocycles. The molecule has 7 heteroatoms. The van der Waals surface area contributed by atoms with Crippen LogP contribution in [0.5, 0.6) is 0 Å². The Morgan fingerprint density at radius 1 is 1.05 bits per heavy atom. The topological polar surface area (TPSA) is 88.1 Å². The summed E-state index contributed by atoms with van der Waals surface area (Å²) in [6, 6.07) is -0.623. The lowest BCUT2D eigenvalue weighted by molar-refractivity contribution is -0.0234. The van der Waals surface area contributed by atoms with Crippen LogP contribution < -0.4 is 5.43 Å². The minimum atomic E-state index is -0.780. The van der Waals surface area contributed by atoms with Gasteiger partial charge < -0.3 is 14.6 Å². The lowest BCUT2D eigenvalue weighted by Crippen LogP contribution is -2.57. The molecule has 0 spiro atoms. The second kappa shape index (κ2) is 7.67. The summed E-state index contributed by atoms with van der Waals surface area (Å²) in [5, 5.41) is 10.5. The summed E-state index contributed by atoms with van der Waals surface area (Å²) in [4.78, 5) is 24.2. The van der Waals surface area contributed by atoms with Gasteiger partial charge in [-0.3, -0.25) is 0 Å². The summed E-state index contributed by atoms with van der Waals surface area (Å²) in [5.41, 5.74) is 0.947. The van der Waals surface area contributed by atoms with Crippen LogP contribution in [0.25, 0.3) is 0 Å². The van der Waals surface area contributed by atoms with E-state index in [4.69, 9.17) is 9.47 Å². The summed E-state index contributed by atoms with van der Waals surface area (Å²) in [5.74, 6) is -0.0903. The number of ether oxygens (including phenoxy) is 2. The molecule has 0 aromatic heterocycles. The zero-order valence-corrected chi connectivity index (χ0v) is 14.9. The fourth-order valence-corrected chi connectivity index (χ4v) is 1.56. The first-order valence-electron chi connectivity index (χ1n) is 7.39. The van der Waals surface area contributed by atoms with Crippen molar-refractivity contribution in [2.24, 2.45) is 5.92 Å². The van der Waals surface area contributed by atoms with Gasteiger partial charge in [0.05, 0.1) is 12.6 Å². The van der Waals surface area contributed by atoms with E-state index in [1.807, 2.05) is 13.8 Å². The first-order valence-corrected chi connectivity index (χ1v) is 7.39. The van der Waals surface area contributed by atoms with Gasteiger partial charge in [0.15, 0.2) is 0 Å². The molecule has 0 fully saturated rings. The van der Waals surface area contributed by atoms with Crippen LogP contribution in [0.3, 0.4) is 0 Å². The van der Waals surface area contributed by atoms with Gasteiger partial charge in [0.2, 0.25) is 0 Å². The monoisotopic (exact) mass is 318 g/mol. The molecular weight excluding hydrogens is 288 g/mol. The average Bonchev–Trinajstić information content (AvgIpc) is 2.22. The second-order valence-corrected chi connectivity index (χ2v) is 7.46. The lowest BCUT2D eigenvalue weighted by atomic mass is 10.1. The Hall–Kier alpha value is -1.50. The Kier molecular flexibility index (Phi) is 7.15. The van der Waals surface area contributed by atoms with Gasteiger partial charge in [-0.2, -0.15) is 0 Å². The number of carbonyl (C=O) groups is 2. The third-order valence-electron chi connectivity index (χ3n) is 2.49. The van der Waals surface area contributed by atoms with E-state index in [-0.39, 0.29) is 12.5 Å². The highest BCUT2D eigenvalue weighted by Crippen LogP contribution is 2.15. The number of nitrogens with zero attached hydrogens (tertiary/aromatic N) is 1. The molecule has 1 atom stereocenters. The summed E-state index contributed by atoms with van der Waals surface area (Å²) < 4.78 is 10.4. The number of aliphatic hydroxyl groups excluding tert-OH is 1. The number of hydrazine groups is 1. The smallest absolute Gasteiger partial charge is 0.429 e. The first kappa shape index (κ1) is 20.5. The molecule has 0 rings (SSSR count). The fraction of sp³-hybridized carbons (Fsp3) is 0.867. The maximum Gasteiger partial charge on any atom is 0.429 e. The van der Waals surface area contributed by atoms with E-state index in [1.54, 1.807) is 41.5 Å². The van der Waals surface area contributed by atoms with E-state index in [0.29, 0.717) is 0 Å². The molecule has 130 valence electrons. The predicted octanol–water partition coefficient (Wildman–Crippen LogP) is 2.68. The highest BCUT2D eigenvalue weighted by atomic mass is 16.6. The van der Waals surface area contributed by atoms with E-state index >= 15 is 0 Å². The minimum absolute atomic E-state index is 0.0903. The molecule has 0 aliphatic rings. The molecule has 0 aromatic carbocycles. The number of amides is 2. The van der Waals surface area contributed by atoms with E-state index < -0.39 is 29.4 Å². The van der Waals surface area contributed by atoms with Gasteiger partial charge in [0.25, 0.3) is 0 Å². The molecule has 2 amide bonds. The summed E-state index contributed by atoms with van der Waals surface area (Å²) in [7, 11) is 0. The standard InChI is InChI=1S/C15H30N2O5/c1-10(2)11(9-18)17(13(20)22-15(6,7)8)16-12(19)21-14(3,4)5/h10-11,18H,9H2,1-8H3,(H,16,19). The fourth-order valence-electron chi connectivity index (χ4n) is 1.56. The number of aliphatic hydroxyl groups is 1. The minimum Gasteiger partial charge on any atom is -0.443 e. The predicted molar refractivity (Wildman–Crippen MR) is 83.2 cm³/mol. The van der Waals surface area contributed by atoms with Crippen molar-refractivity contribution in [2.75, 3.05) is 6.61 Å². The zero-order valence-electron chi connectivity index (χ0n) is 14.9. The normalized spacial score (nSPS) is 13.5. The molecular formula is C15H30N2O5. The van der Waals surface area contributed by atoms with Crippen molar-refractivity contribution in [2.45, 2.75) is 72.6 Å². The van der Waals surface area contributed by atoms with Gasteiger partial charge in [-0.15, -0.1) is 0 Å². The Morgan fingerprint density at radius 2 is 1.50 bits per heavy atom. The average molecular weight is 318 g/mol. The van der Waals surface area contributed by atoms with Crippen molar-refractivity contribution in [3.63, 3.8) is 0 Å². The second-order valence-electron chi connectivity index (χ2n) is 7.46. The Bertz CT molecular complexity index is 382. The lowest BCUT2D eigenvalue weighted by Gasteiger charge is -2.34. The molecule has 0 aliphatic heterocycles. The van der Waals surface area contributed by atoms with Gasteiger partial charge >= 0.3 is 12.2 Å². The van der Waals surface area contributed by atoms with Gasteiger partial charge in [-0.25, -0.2) is 20.0 Å². The van der Waals surface area contributed by atoms with Crippen LogP contribution in [0.1, 0.15) is 55.4 Å². The Labute approximate surface area is 132 Å². The summed E-state index contributed by atoms with van der Waals surface area (Å²) in [6.07, 6.45) is -1.52. The third-order valence-corrected chi connectivity index (χ3v) is 2.49. The SMILES string of the molecule is CC(C)C(CO)N(NC(=O)OC(C)(C)C)C(=O)OC(C)(C)C. The van der Waals surface area contributed by atoms with Gasteiger partial charge in [-0.1, -0.05) is 13.8 Å². The third kappa shape index (κ3) is 8.07. The first-order chi connectivity index (χ1) is 9.76. The molecule has 0 aromatic rings. The largest absolute Gasteiger partial charge is 0.443 e. The van der Waals surface area contributed by atoms with Crippen LogP contribution in [-0.4, -0.2) is 46.2 Å². The number of nitrogens with one attached hydrogen (secondary N) is 1.